The maximum absolute atomic E-state index is 11.5. The van der Waals surface area contributed by atoms with Crippen LogP contribution in [0.5, 0.6) is 0 Å². The van der Waals surface area contributed by atoms with Gasteiger partial charge in [0.2, 0.25) is 5.91 Å². The van der Waals surface area contributed by atoms with Crippen molar-refractivity contribution in [3.63, 3.8) is 0 Å². The van der Waals surface area contributed by atoms with Gasteiger partial charge in [-0.1, -0.05) is 13.0 Å². The minimum atomic E-state index is 0.173. The quantitative estimate of drug-likeness (QED) is 0.629. The molecule has 3 heteroatoms. The van der Waals surface area contributed by atoms with Gasteiger partial charge in [0.1, 0.15) is 0 Å². The van der Waals surface area contributed by atoms with E-state index >= 15 is 0 Å². The lowest BCUT2D eigenvalue weighted by molar-refractivity contribution is -0.125. The van der Waals surface area contributed by atoms with Crippen molar-refractivity contribution in [3.05, 3.63) is 12.2 Å². The van der Waals surface area contributed by atoms with Crippen molar-refractivity contribution in [1.29, 1.82) is 0 Å². The second-order valence-electron chi connectivity index (χ2n) is 3.79. The zero-order valence-electron chi connectivity index (χ0n) is 9.20. The molecule has 0 aromatic carbocycles. The third-order valence-electron chi connectivity index (χ3n) is 2.64. The lowest BCUT2D eigenvalue weighted by Crippen LogP contribution is -2.26. The number of carbonyl (C=O) groups excluding carboxylic acids is 1. The average molecular weight is 196 g/mol. The first kappa shape index (κ1) is 11.2. The first-order valence-electron chi connectivity index (χ1n) is 5.38. The van der Waals surface area contributed by atoms with Crippen LogP contribution in [0.3, 0.4) is 0 Å². The summed E-state index contributed by atoms with van der Waals surface area (Å²) in [6.45, 7) is 5.86. The van der Waals surface area contributed by atoms with Gasteiger partial charge in [-0.15, -0.1) is 0 Å². The Kier molecular flexibility index (Phi) is 4.66. The Morgan fingerprint density at radius 3 is 2.64 bits per heavy atom. The Balaban J connectivity index is 2.25. The molecule has 0 bridgehead atoms. The van der Waals surface area contributed by atoms with Crippen LogP contribution in [0.1, 0.15) is 19.8 Å². The molecule has 80 valence electrons. The summed E-state index contributed by atoms with van der Waals surface area (Å²) in [6, 6.07) is 0. The Hall–Kier alpha value is -0.830. The minimum Gasteiger partial charge on any atom is -0.339 e. The number of rotatable bonds is 4. The normalized spacial score (nSPS) is 17.2. The van der Waals surface area contributed by atoms with Crippen LogP contribution in [0.2, 0.25) is 0 Å². The molecule has 3 nitrogen and oxygen atoms in total. The summed E-state index contributed by atoms with van der Waals surface area (Å²) in [7, 11) is 2.05. The summed E-state index contributed by atoms with van der Waals surface area (Å²) >= 11 is 0. The van der Waals surface area contributed by atoms with Crippen molar-refractivity contribution in [2.75, 3.05) is 33.2 Å². The van der Waals surface area contributed by atoms with Crippen LogP contribution in [0.15, 0.2) is 12.2 Å². The Morgan fingerprint density at radius 2 is 2.07 bits per heavy atom. The highest BCUT2D eigenvalue weighted by Crippen LogP contribution is 2.07. The third kappa shape index (κ3) is 3.50. The zero-order chi connectivity index (χ0) is 10.4. The fourth-order valence-electron chi connectivity index (χ4n) is 1.51. The first-order chi connectivity index (χ1) is 6.74. The number of amides is 1. The van der Waals surface area contributed by atoms with Gasteiger partial charge in [-0.3, -0.25) is 4.79 Å². The van der Waals surface area contributed by atoms with Gasteiger partial charge in [-0.25, -0.2) is 0 Å². The highest BCUT2D eigenvalue weighted by Gasteiger charge is 2.14. The number of nitrogens with zero attached hydrogens (tertiary/aromatic N) is 2. The molecule has 0 saturated carbocycles. The van der Waals surface area contributed by atoms with Crippen LogP contribution in [0.25, 0.3) is 0 Å². The monoisotopic (exact) mass is 196 g/mol. The van der Waals surface area contributed by atoms with E-state index in [0.29, 0.717) is 0 Å². The van der Waals surface area contributed by atoms with E-state index in [0.717, 1.165) is 39.0 Å². The summed E-state index contributed by atoms with van der Waals surface area (Å²) in [5.74, 6) is 0.173. The summed E-state index contributed by atoms with van der Waals surface area (Å²) in [4.78, 5) is 15.6. The minimum absolute atomic E-state index is 0.173. The predicted molar refractivity (Wildman–Crippen MR) is 58.1 cm³/mol. The molecule has 1 saturated heterocycles. The maximum Gasteiger partial charge on any atom is 0.246 e. The Bertz CT molecular complexity index is 207. The largest absolute Gasteiger partial charge is 0.339 e. The molecule has 0 radical (unpaired) electrons. The molecule has 0 atom stereocenters. The molecule has 0 aromatic heterocycles. The van der Waals surface area contributed by atoms with Crippen LogP contribution in [-0.4, -0.2) is 48.9 Å². The topological polar surface area (TPSA) is 23.6 Å². The smallest absolute Gasteiger partial charge is 0.246 e. The number of likely N-dealkylation sites (N-methyl/N-ethyl adjacent to an activating group) is 1. The van der Waals surface area contributed by atoms with E-state index in [2.05, 4.69) is 11.8 Å². The molecule has 1 fully saturated rings. The highest BCUT2D eigenvalue weighted by atomic mass is 16.2. The van der Waals surface area contributed by atoms with Crippen LogP contribution < -0.4 is 0 Å². The second kappa shape index (κ2) is 5.81. The molecule has 0 spiro atoms. The standard InChI is InChI=1S/C11H20N2O/c1-3-12(2)8-6-7-11(14)13-9-4-5-10-13/h6-7H,3-5,8-10H2,1-2H3/b7-6+. The van der Waals surface area contributed by atoms with E-state index in [1.165, 1.54) is 0 Å². The van der Waals surface area contributed by atoms with Gasteiger partial charge in [-0.2, -0.15) is 0 Å². The van der Waals surface area contributed by atoms with Gasteiger partial charge < -0.3 is 9.80 Å². The number of carbonyl (C=O) groups is 1. The van der Waals surface area contributed by atoms with Crippen molar-refractivity contribution in [1.82, 2.24) is 9.80 Å². The van der Waals surface area contributed by atoms with Gasteiger partial charge in [0.05, 0.1) is 0 Å². The van der Waals surface area contributed by atoms with Crippen molar-refractivity contribution >= 4 is 5.91 Å². The Labute approximate surface area is 86.4 Å². The summed E-state index contributed by atoms with van der Waals surface area (Å²) in [5.41, 5.74) is 0. The molecular weight excluding hydrogens is 176 g/mol. The fraction of sp³-hybridized carbons (Fsp3) is 0.727. The van der Waals surface area contributed by atoms with E-state index in [1.54, 1.807) is 6.08 Å². The lowest BCUT2D eigenvalue weighted by atomic mass is 10.4. The first-order valence-corrected chi connectivity index (χ1v) is 5.38. The van der Waals surface area contributed by atoms with Crippen LogP contribution >= 0.6 is 0 Å². The fourth-order valence-corrected chi connectivity index (χ4v) is 1.51. The molecule has 1 rings (SSSR count). The lowest BCUT2D eigenvalue weighted by Gasteiger charge is -2.13. The molecule has 0 aromatic rings. The molecular formula is C11H20N2O. The van der Waals surface area contributed by atoms with Crippen molar-refractivity contribution in [2.24, 2.45) is 0 Å². The van der Waals surface area contributed by atoms with E-state index in [4.69, 9.17) is 0 Å². The molecule has 1 aliphatic rings. The van der Waals surface area contributed by atoms with Gasteiger partial charge in [0, 0.05) is 25.7 Å². The van der Waals surface area contributed by atoms with Crippen LogP contribution in [0.4, 0.5) is 0 Å². The summed E-state index contributed by atoms with van der Waals surface area (Å²) in [5, 5.41) is 0. The zero-order valence-corrected chi connectivity index (χ0v) is 9.20. The molecule has 1 heterocycles. The maximum atomic E-state index is 11.5. The second-order valence-corrected chi connectivity index (χ2v) is 3.79. The summed E-state index contributed by atoms with van der Waals surface area (Å²) < 4.78 is 0. The van der Waals surface area contributed by atoms with Gasteiger partial charge in [0.15, 0.2) is 0 Å². The van der Waals surface area contributed by atoms with Gasteiger partial charge in [-0.05, 0) is 26.4 Å². The number of hydrogen-bond donors (Lipinski definition) is 0. The number of likely N-dealkylation sites (tertiary alicyclic amines) is 1. The van der Waals surface area contributed by atoms with Crippen LogP contribution in [0, 0.1) is 0 Å². The van der Waals surface area contributed by atoms with E-state index < -0.39 is 0 Å². The molecule has 0 aliphatic carbocycles. The average Bonchev–Trinajstić information content (AvgIpc) is 2.70. The van der Waals surface area contributed by atoms with Gasteiger partial charge in [0.25, 0.3) is 0 Å². The molecule has 14 heavy (non-hydrogen) atoms. The molecule has 1 amide bonds. The predicted octanol–water partition coefficient (Wildman–Crippen LogP) is 1.12. The SMILES string of the molecule is CCN(C)C/C=C/C(=O)N1CCCC1. The molecule has 1 aliphatic heterocycles. The van der Waals surface area contributed by atoms with Gasteiger partial charge >= 0.3 is 0 Å². The van der Waals surface area contributed by atoms with Crippen LogP contribution in [-0.2, 0) is 4.79 Å². The van der Waals surface area contributed by atoms with Crippen molar-refractivity contribution in [2.45, 2.75) is 19.8 Å². The summed E-state index contributed by atoms with van der Waals surface area (Å²) in [6.07, 6.45) is 5.98. The highest BCUT2D eigenvalue weighted by molar-refractivity contribution is 5.87. The van der Waals surface area contributed by atoms with Crippen molar-refractivity contribution < 1.29 is 4.79 Å². The molecule has 0 unspecified atom stereocenters. The van der Waals surface area contributed by atoms with Crippen molar-refractivity contribution in [3.8, 4) is 0 Å². The van der Waals surface area contributed by atoms with E-state index in [-0.39, 0.29) is 5.91 Å². The number of hydrogen-bond acceptors (Lipinski definition) is 2. The van der Waals surface area contributed by atoms with E-state index in [1.807, 2.05) is 18.0 Å². The van der Waals surface area contributed by atoms with E-state index in [9.17, 15) is 4.79 Å². The molecule has 0 N–H and O–H groups in total. The third-order valence-corrected chi connectivity index (χ3v) is 2.64. The Morgan fingerprint density at radius 1 is 1.43 bits per heavy atom.